The second-order valence-electron chi connectivity index (χ2n) is 7.08. The summed E-state index contributed by atoms with van der Waals surface area (Å²) in [6.45, 7) is 5.74. The summed E-state index contributed by atoms with van der Waals surface area (Å²) < 4.78 is 5.66. The van der Waals surface area contributed by atoms with Crippen LogP contribution in [0.5, 0.6) is 5.75 Å². The first kappa shape index (κ1) is 20.1. The first-order chi connectivity index (χ1) is 13.8. The number of benzene rings is 1. The van der Waals surface area contributed by atoms with Gasteiger partial charge in [-0.15, -0.1) is 0 Å². The maximum absolute atomic E-state index is 5.66. The molecule has 2 heterocycles. The number of aromatic nitrogens is 1. The molecule has 1 aromatic carbocycles. The minimum atomic E-state index is 0.449. The monoisotopic (exact) mass is 381 g/mol. The summed E-state index contributed by atoms with van der Waals surface area (Å²) in [5.41, 5.74) is 1.39. The lowest BCUT2D eigenvalue weighted by molar-refractivity contribution is 0.158. The Morgan fingerprint density at radius 3 is 2.68 bits per heavy atom. The van der Waals surface area contributed by atoms with E-state index < -0.39 is 0 Å². The van der Waals surface area contributed by atoms with E-state index in [4.69, 9.17) is 4.74 Å². The zero-order chi connectivity index (χ0) is 19.6. The predicted octanol–water partition coefficient (Wildman–Crippen LogP) is 2.85. The van der Waals surface area contributed by atoms with Crippen molar-refractivity contribution in [2.24, 2.45) is 4.99 Å². The van der Waals surface area contributed by atoms with E-state index in [2.05, 4.69) is 62.8 Å². The van der Waals surface area contributed by atoms with E-state index in [1.54, 1.807) is 12.4 Å². The summed E-state index contributed by atoms with van der Waals surface area (Å²) in [5.74, 6) is 1.62. The Morgan fingerprint density at radius 1 is 1.21 bits per heavy atom. The average molecular weight is 382 g/mol. The summed E-state index contributed by atoms with van der Waals surface area (Å²) in [6.07, 6.45) is 5.69. The van der Waals surface area contributed by atoms with Gasteiger partial charge in [-0.3, -0.25) is 14.9 Å². The van der Waals surface area contributed by atoms with Crippen molar-refractivity contribution in [1.82, 2.24) is 20.5 Å². The summed E-state index contributed by atoms with van der Waals surface area (Å²) in [6, 6.07) is 15.4. The van der Waals surface area contributed by atoms with Gasteiger partial charge in [0.2, 0.25) is 0 Å². The SMILES string of the molecule is CN=C(NCCOc1cccnc1)NC1CCN(C(C)c2ccccc2)CC1. The minimum Gasteiger partial charge on any atom is -0.490 e. The smallest absolute Gasteiger partial charge is 0.191 e. The first-order valence-corrected chi connectivity index (χ1v) is 10.1. The highest BCUT2D eigenvalue weighted by atomic mass is 16.5. The molecule has 3 rings (SSSR count). The molecular weight excluding hydrogens is 350 g/mol. The molecule has 0 bridgehead atoms. The highest BCUT2D eigenvalue weighted by molar-refractivity contribution is 5.79. The van der Waals surface area contributed by atoms with E-state index in [1.807, 2.05) is 19.2 Å². The first-order valence-electron chi connectivity index (χ1n) is 10.1. The van der Waals surface area contributed by atoms with E-state index in [1.165, 1.54) is 5.56 Å². The molecule has 0 spiro atoms. The van der Waals surface area contributed by atoms with Gasteiger partial charge in [0.25, 0.3) is 0 Å². The van der Waals surface area contributed by atoms with Crippen molar-refractivity contribution in [3.63, 3.8) is 0 Å². The van der Waals surface area contributed by atoms with Crippen LogP contribution in [0.15, 0.2) is 59.9 Å². The van der Waals surface area contributed by atoms with Crippen molar-refractivity contribution >= 4 is 5.96 Å². The number of rotatable bonds is 7. The Bertz CT molecular complexity index is 714. The molecule has 6 heteroatoms. The number of nitrogens with one attached hydrogen (secondary N) is 2. The van der Waals surface area contributed by atoms with Gasteiger partial charge in [-0.05, 0) is 37.5 Å². The Kier molecular flexibility index (Phi) is 7.67. The van der Waals surface area contributed by atoms with Crippen LogP contribution in [0.3, 0.4) is 0 Å². The molecule has 2 aromatic rings. The number of likely N-dealkylation sites (tertiary alicyclic amines) is 1. The molecule has 1 saturated heterocycles. The molecule has 0 radical (unpaired) electrons. The zero-order valence-corrected chi connectivity index (χ0v) is 16.8. The number of nitrogens with zero attached hydrogens (tertiary/aromatic N) is 3. The van der Waals surface area contributed by atoms with Crippen molar-refractivity contribution in [3.05, 3.63) is 60.4 Å². The molecule has 1 aliphatic rings. The fourth-order valence-electron chi connectivity index (χ4n) is 3.53. The third-order valence-corrected chi connectivity index (χ3v) is 5.22. The summed E-state index contributed by atoms with van der Waals surface area (Å²) in [4.78, 5) is 10.9. The third kappa shape index (κ3) is 5.96. The van der Waals surface area contributed by atoms with Crippen molar-refractivity contribution in [3.8, 4) is 5.75 Å². The lowest BCUT2D eigenvalue weighted by Crippen LogP contribution is -2.49. The Labute approximate surface area is 168 Å². The number of guanidine groups is 1. The van der Waals surface area contributed by atoms with Crippen LogP contribution in [0.25, 0.3) is 0 Å². The number of hydrogen-bond donors (Lipinski definition) is 2. The van der Waals surface area contributed by atoms with E-state index in [0.717, 1.165) is 37.6 Å². The number of piperidine rings is 1. The van der Waals surface area contributed by atoms with E-state index in [9.17, 15) is 0 Å². The predicted molar refractivity (Wildman–Crippen MR) is 114 cm³/mol. The average Bonchev–Trinajstić information content (AvgIpc) is 2.77. The molecule has 1 atom stereocenters. The van der Waals surface area contributed by atoms with Crippen LogP contribution in [-0.4, -0.2) is 55.2 Å². The normalized spacial score (nSPS) is 17.1. The standard InChI is InChI=1S/C22H31N5O/c1-18(19-7-4-3-5-8-19)27-14-10-20(11-15-27)26-22(23-2)25-13-16-28-21-9-6-12-24-17-21/h3-9,12,17-18,20H,10-11,13-16H2,1-2H3,(H2,23,25,26). The molecule has 6 nitrogen and oxygen atoms in total. The van der Waals surface area contributed by atoms with Gasteiger partial charge < -0.3 is 15.4 Å². The van der Waals surface area contributed by atoms with E-state index in [0.29, 0.717) is 25.2 Å². The number of aliphatic imine (C=N–C) groups is 1. The fraction of sp³-hybridized carbons (Fsp3) is 0.455. The van der Waals surface area contributed by atoms with Crippen LogP contribution in [0.4, 0.5) is 0 Å². The largest absolute Gasteiger partial charge is 0.490 e. The van der Waals surface area contributed by atoms with Crippen LogP contribution in [-0.2, 0) is 0 Å². The van der Waals surface area contributed by atoms with Crippen molar-refractivity contribution < 1.29 is 4.74 Å². The fourth-order valence-corrected chi connectivity index (χ4v) is 3.53. The van der Waals surface area contributed by atoms with Gasteiger partial charge in [0, 0.05) is 38.4 Å². The lowest BCUT2D eigenvalue weighted by atomic mass is 10.0. The Balaban J connectivity index is 1.37. The van der Waals surface area contributed by atoms with Gasteiger partial charge in [-0.1, -0.05) is 30.3 Å². The molecule has 1 unspecified atom stereocenters. The number of pyridine rings is 1. The topological polar surface area (TPSA) is 61.8 Å². The van der Waals surface area contributed by atoms with Crippen LogP contribution in [0.1, 0.15) is 31.4 Å². The van der Waals surface area contributed by atoms with Crippen LogP contribution in [0, 0.1) is 0 Å². The molecule has 0 amide bonds. The molecule has 1 aromatic heterocycles. The summed E-state index contributed by atoms with van der Waals surface area (Å²) in [5, 5.41) is 6.87. The minimum absolute atomic E-state index is 0.449. The van der Waals surface area contributed by atoms with Gasteiger partial charge in [0.1, 0.15) is 12.4 Å². The van der Waals surface area contributed by atoms with Crippen molar-refractivity contribution in [2.75, 3.05) is 33.3 Å². The van der Waals surface area contributed by atoms with Crippen molar-refractivity contribution in [1.29, 1.82) is 0 Å². The second kappa shape index (κ2) is 10.7. The molecule has 1 aliphatic heterocycles. The molecule has 0 saturated carbocycles. The van der Waals surface area contributed by atoms with Crippen LogP contribution < -0.4 is 15.4 Å². The van der Waals surface area contributed by atoms with Gasteiger partial charge in [-0.2, -0.15) is 0 Å². The maximum atomic E-state index is 5.66. The highest BCUT2D eigenvalue weighted by Crippen LogP contribution is 2.23. The van der Waals surface area contributed by atoms with Gasteiger partial charge >= 0.3 is 0 Å². The highest BCUT2D eigenvalue weighted by Gasteiger charge is 2.23. The number of ether oxygens (including phenoxy) is 1. The third-order valence-electron chi connectivity index (χ3n) is 5.22. The van der Waals surface area contributed by atoms with Crippen LogP contribution in [0.2, 0.25) is 0 Å². The summed E-state index contributed by atoms with van der Waals surface area (Å²) in [7, 11) is 1.81. The van der Waals surface area contributed by atoms with Crippen molar-refractivity contribution in [2.45, 2.75) is 31.8 Å². The summed E-state index contributed by atoms with van der Waals surface area (Å²) >= 11 is 0. The van der Waals surface area contributed by atoms with Gasteiger partial charge in [0.05, 0.1) is 12.7 Å². The maximum Gasteiger partial charge on any atom is 0.191 e. The molecule has 1 fully saturated rings. The second-order valence-corrected chi connectivity index (χ2v) is 7.08. The van der Waals surface area contributed by atoms with E-state index in [-0.39, 0.29) is 0 Å². The quantitative estimate of drug-likeness (QED) is 0.439. The molecule has 0 aliphatic carbocycles. The zero-order valence-electron chi connectivity index (χ0n) is 16.8. The number of hydrogen-bond acceptors (Lipinski definition) is 4. The molecular formula is C22H31N5O. The lowest BCUT2D eigenvalue weighted by Gasteiger charge is -2.37. The molecule has 2 N–H and O–H groups in total. The van der Waals surface area contributed by atoms with E-state index >= 15 is 0 Å². The molecule has 28 heavy (non-hydrogen) atoms. The Hall–Kier alpha value is -2.60. The Morgan fingerprint density at radius 2 is 2.00 bits per heavy atom. The van der Waals surface area contributed by atoms with Gasteiger partial charge in [-0.25, -0.2) is 0 Å². The molecule has 150 valence electrons. The van der Waals surface area contributed by atoms with Crippen LogP contribution >= 0.6 is 0 Å². The van der Waals surface area contributed by atoms with Gasteiger partial charge in [0.15, 0.2) is 5.96 Å².